The summed E-state index contributed by atoms with van der Waals surface area (Å²) in [5.41, 5.74) is 7.68. The third kappa shape index (κ3) is 10.7. The number of benzene rings is 8. The van der Waals surface area contributed by atoms with Gasteiger partial charge in [-0.25, -0.2) is 0 Å². The van der Waals surface area contributed by atoms with Gasteiger partial charge in [0.15, 0.2) is 23.0 Å². The Morgan fingerprint density at radius 2 is 0.517 bits per heavy atom. The Hall–Kier alpha value is -7.44. The average molecular weight is 791 g/mol. The van der Waals surface area contributed by atoms with E-state index in [2.05, 4.69) is 0 Å². The molecule has 0 amide bonds. The van der Waals surface area contributed by atoms with Crippen LogP contribution < -0.4 is 28.4 Å². The fourth-order valence-electron chi connectivity index (χ4n) is 6.65. The van der Waals surface area contributed by atoms with Crippen molar-refractivity contribution in [1.29, 1.82) is 0 Å². The molecule has 8 rings (SSSR count). The fraction of sp³-hybridized carbons (Fsp3) is 0.111. The molecule has 0 bridgehead atoms. The van der Waals surface area contributed by atoms with Crippen molar-refractivity contribution in [2.24, 2.45) is 0 Å². The van der Waals surface area contributed by atoms with Gasteiger partial charge < -0.3 is 28.4 Å². The standard InChI is InChI=1S/C54H46O6/c1-7-19-41(20-8-1)35-55-49-32-31-48(52(58-38-44-25-13-4-14-26-44)54(49)60-40-46-29-17-6-18-30-46)47-33-50(56-36-42-21-9-2-10-22-42)53(59-39-45-27-15-5-16-28-45)51(34-47)57-37-43-23-11-3-12-24-43/h1-34H,35-40H2. The Balaban J connectivity index is 1.26. The molecule has 0 unspecified atom stereocenters. The fourth-order valence-corrected chi connectivity index (χ4v) is 6.65. The first kappa shape index (κ1) is 39.4. The molecule has 60 heavy (non-hydrogen) atoms. The monoisotopic (exact) mass is 790 g/mol. The summed E-state index contributed by atoms with van der Waals surface area (Å²) in [6.07, 6.45) is 0. The Morgan fingerprint density at radius 3 is 0.867 bits per heavy atom. The van der Waals surface area contributed by atoms with Crippen molar-refractivity contribution in [2.45, 2.75) is 39.6 Å². The number of hydrogen-bond acceptors (Lipinski definition) is 6. The third-order valence-corrected chi connectivity index (χ3v) is 9.80. The largest absolute Gasteiger partial charge is 0.485 e. The van der Waals surface area contributed by atoms with Crippen LogP contribution >= 0.6 is 0 Å². The minimum atomic E-state index is 0.296. The van der Waals surface area contributed by atoms with Gasteiger partial charge in [-0.1, -0.05) is 182 Å². The molecule has 0 aliphatic rings. The summed E-state index contributed by atoms with van der Waals surface area (Å²) >= 11 is 0. The zero-order chi connectivity index (χ0) is 40.6. The van der Waals surface area contributed by atoms with E-state index in [4.69, 9.17) is 28.4 Å². The Bertz CT molecular complexity index is 2450. The van der Waals surface area contributed by atoms with Gasteiger partial charge in [0, 0.05) is 5.56 Å². The van der Waals surface area contributed by atoms with E-state index in [1.807, 2.05) is 206 Å². The van der Waals surface area contributed by atoms with Gasteiger partial charge in [0.05, 0.1) is 0 Å². The summed E-state index contributed by atoms with van der Waals surface area (Å²) in [6, 6.07) is 68.5. The topological polar surface area (TPSA) is 55.4 Å². The van der Waals surface area contributed by atoms with Crippen LogP contribution in [0.1, 0.15) is 33.4 Å². The quantitative estimate of drug-likeness (QED) is 0.0813. The van der Waals surface area contributed by atoms with Gasteiger partial charge in [-0.3, -0.25) is 0 Å². The molecule has 0 aliphatic heterocycles. The molecular weight excluding hydrogens is 745 g/mol. The third-order valence-electron chi connectivity index (χ3n) is 9.80. The Labute approximate surface area is 352 Å². The predicted molar refractivity (Wildman–Crippen MR) is 237 cm³/mol. The molecule has 0 fully saturated rings. The van der Waals surface area contributed by atoms with Crippen molar-refractivity contribution in [3.05, 3.63) is 240 Å². The van der Waals surface area contributed by atoms with Crippen LogP contribution in [0.2, 0.25) is 0 Å². The zero-order valence-electron chi connectivity index (χ0n) is 33.3. The molecule has 0 heterocycles. The highest BCUT2D eigenvalue weighted by molar-refractivity contribution is 5.79. The Morgan fingerprint density at radius 1 is 0.233 bits per heavy atom. The maximum Gasteiger partial charge on any atom is 0.204 e. The molecular formula is C54H46O6. The van der Waals surface area contributed by atoms with Crippen molar-refractivity contribution in [3.8, 4) is 45.6 Å². The molecule has 0 aliphatic carbocycles. The summed E-state index contributed by atoms with van der Waals surface area (Å²) in [7, 11) is 0. The summed E-state index contributed by atoms with van der Waals surface area (Å²) in [5, 5.41) is 0. The van der Waals surface area contributed by atoms with E-state index >= 15 is 0 Å². The molecule has 0 saturated heterocycles. The normalized spacial score (nSPS) is 10.7. The van der Waals surface area contributed by atoms with Crippen LogP contribution in [-0.4, -0.2) is 0 Å². The van der Waals surface area contributed by atoms with Gasteiger partial charge in [0.1, 0.15) is 39.6 Å². The summed E-state index contributed by atoms with van der Waals surface area (Å²) in [6.45, 7) is 1.90. The van der Waals surface area contributed by atoms with Gasteiger partial charge in [0.25, 0.3) is 0 Å². The highest BCUT2D eigenvalue weighted by Crippen LogP contribution is 2.50. The van der Waals surface area contributed by atoms with Gasteiger partial charge >= 0.3 is 0 Å². The molecule has 6 nitrogen and oxygen atoms in total. The second-order valence-electron chi connectivity index (χ2n) is 14.2. The average Bonchev–Trinajstić information content (AvgIpc) is 3.32. The lowest BCUT2D eigenvalue weighted by Gasteiger charge is -2.22. The number of hydrogen-bond donors (Lipinski definition) is 0. The van der Waals surface area contributed by atoms with Crippen molar-refractivity contribution in [3.63, 3.8) is 0 Å². The molecule has 6 heteroatoms. The van der Waals surface area contributed by atoms with Crippen molar-refractivity contribution >= 4 is 0 Å². The Kier molecular flexibility index (Phi) is 13.3. The van der Waals surface area contributed by atoms with E-state index < -0.39 is 0 Å². The molecule has 0 saturated carbocycles. The van der Waals surface area contributed by atoms with Crippen LogP contribution in [0.15, 0.2) is 206 Å². The molecule has 0 spiro atoms. The van der Waals surface area contributed by atoms with E-state index in [1.165, 1.54) is 0 Å². The molecule has 8 aromatic carbocycles. The highest BCUT2D eigenvalue weighted by atomic mass is 16.5. The highest BCUT2D eigenvalue weighted by Gasteiger charge is 2.24. The predicted octanol–water partition coefficient (Wildman–Crippen LogP) is 12.8. The summed E-state index contributed by atoms with van der Waals surface area (Å²) in [5.74, 6) is 3.14. The molecule has 0 radical (unpaired) electrons. The van der Waals surface area contributed by atoms with Crippen LogP contribution in [0.25, 0.3) is 11.1 Å². The van der Waals surface area contributed by atoms with Crippen molar-refractivity contribution in [2.75, 3.05) is 0 Å². The van der Waals surface area contributed by atoms with E-state index in [9.17, 15) is 0 Å². The van der Waals surface area contributed by atoms with Gasteiger partial charge in [-0.2, -0.15) is 0 Å². The molecule has 8 aromatic rings. The number of rotatable bonds is 19. The second kappa shape index (κ2) is 20.3. The minimum Gasteiger partial charge on any atom is -0.485 e. The lowest BCUT2D eigenvalue weighted by Crippen LogP contribution is -2.06. The zero-order valence-corrected chi connectivity index (χ0v) is 33.3. The van der Waals surface area contributed by atoms with Crippen LogP contribution in [0.4, 0.5) is 0 Å². The molecule has 298 valence electrons. The summed E-state index contributed by atoms with van der Waals surface area (Å²) in [4.78, 5) is 0. The van der Waals surface area contributed by atoms with Gasteiger partial charge in [0.2, 0.25) is 11.5 Å². The first-order valence-electron chi connectivity index (χ1n) is 20.1. The molecule has 0 atom stereocenters. The van der Waals surface area contributed by atoms with Gasteiger partial charge in [-0.05, 0) is 63.2 Å². The maximum absolute atomic E-state index is 6.85. The van der Waals surface area contributed by atoms with E-state index in [0.29, 0.717) is 74.1 Å². The van der Waals surface area contributed by atoms with Crippen LogP contribution in [0, 0.1) is 0 Å². The van der Waals surface area contributed by atoms with Crippen LogP contribution in [-0.2, 0) is 39.6 Å². The second-order valence-corrected chi connectivity index (χ2v) is 14.2. The van der Waals surface area contributed by atoms with Crippen molar-refractivity contribution in [1.82, 2.24) is 0 Å². The lowest BCUT2D eigenvalue weighted by atomic mass is 10.0. The van der Waals surface area contributed by atoms with E-state index in [-0.39, 0.29) is 0 Å². The SMILES string of the molecule is c1ccc(COc2cc(-c3ccc(OCc4ccccc4)c(OCc4ccccc4)c3OCc3ccccc3)cc(OCc3ccccc3)c2OCc2ccccc2)cc1. The minimum absolute atomic E-state index is 0.296. The molecule has 0 N–H and O–H groups in total. The van der Waals surface area contributed by atoms with E-state index in [1.54, 1.807) is 0 Å². The number of ether oxygens (including phenoxy) is 6. The molecule has 0 aromatic heterocycles. The van der Waals surface area contributed by atoms with E-state index in [0.717, 1.165) is 44.5 Å². The van der Waals surface area contributed by atoms with Crippen molar-refractivity contribution < 1.29 is 28.4 Å². The first-order valence-corrected chi connectivity index (χ1v) is 20.1. The lowest BCUT2D eigenvalue weighted by molar-refractivity contribution is 0.229. The first-order chi connectivity index (χ1) is 29.7. The van der Waals surface area contributed by atoms with Crippen LogP contribution in [0.3, 0.4) is 0 Å². The summed E-state index contributed by atoms with van der Waals surface area (Å²) < 4.78 is 40.1. The van der Waals surface area contributed by atoms with Gasteiger partial charge in [-0.15, -0.1) is 0 Å². The smallest absolute Gasteiger partial charge is 0.204 e. The van der Waals surface area contributed by atoms with Crippen LogP contribution in [0.5, 0.6) is 34.5 Å². The maximum atomic E-state index is 6.85.